The van der Waals surface area contributed by atoms with Gasteiger partial charge in [0.2, 0.25) is 5.91 Å². The molecule has 2 fully saturated rings. The molecule has 1 amide bonds. The monoisotopic (exact) mass is 816 g/mol. The molecule has 7 rings (SSSR count). The summed E-state index contributed by atoms with van der Waals surface area (Å²) >= 11 is 0. The number of amides is 1. The molecule has 10 heteroatoms. The third-order valence-electron chi connectivity index (χ3n) is 13.0. The van der Waals surface area contributed by atoms with Crippen LogP contribution >= 0.6 is 0 Å². The van der Waals surface area contributed by atoms with E-state index in [0.29, 0.717) is 48.8 Å². The Morgan fingerprint density at radius 1 is 0.733 bits per heavy atom. The summed E-state index contributed by atoms with van der Waals surface area (Å²) in [4.78, 5) is 34.7. The fourth-order valence-corrected chi connectivity index (χ4v) is 9.76. The Bertz CT molecular complexity index is 1920. The molecule has 4 aromatic carbocycles. The van der Waals surface area contributed by atoms with Gasteiger partial charge in [0, 0.05) is 24.7 Å². The van der Waals surface area contributed by atoms with Crippen molar-refractivity contribution in [2.24, 2.45) is 11.7 Å². The quantitative estimate of drug-likeness (QED) is 0.0668. The SMILES string of the molecule is COc1cccc(OC)c1CN1CCC(N(CCCCCCCN2CC[C@H](CC(C(N)=O)(c3ccccc3)c3ccccc3)C2)CC(=O)c2ccc3c(c2)OCCO3)CC1. The minimum absolute atomic E-state index is 0.123. The second-order valence-corrected chi connectivity index (χ2v) is 16.8. The summed E-state index contributed by atoms with van der Waals surface area (Å²) in [7, 11) is 3.42. The first-order chi connectivity index (χ1) is 29.4. The van der Waals surface area contributed by atoms with E-state index in [0.717, 1.165) is 119 Å². The maximum atomic E-state index is 13.8. The molecular formula is C50H64N4O6. The van der Waals surface area contributed by atoms with Crippen molar-refractivity contribution in [3.8, 4) is 23.0 Å². The molecule has 2 N–H and O–H groups in total. The minimum Gasteiger partial charge on any atom is -0.496 e. The van der Waals surface area contributed by atoms with Crippen LogP contribution in [-0.4, -0.2) is 106 Å². The van der Waals surface area contributed by atoms with Crippen LogP contribution in [0.25, 0.3) is 0 Å². The largest absolute Gasteiger partial charge is 0.496 e. The van der Waals surface area contributed by atoms with Gasteiger partial charge in [-0.1, -0.05) is 86.0 Å². The smallest absolute Gasteiger partial charge is 0.232 e. The summed E-state index contributed by atoms with van der Waals surface area (Å²) in [5, 5.41) is 0. The van der Waals surface area contributed by atoms with Crippen molar-refractivity contribution in [3.63, 3.8) is 0 Å². The first kappa shape index (κ1) is 43.2. The van der Waals surface area contributed by atoms with Crippen molar-refractivity contribution in [2.45, 2.75) is 75.8 Å². The van der Waals surface area contributed by atoms with Gasteiger partial charge in [0.1, 0.15) is 24.7 Å². The first-order valence-corrected chi connectivity index (χ1v) is 22.1. The summed E-state index contributed by atoms with van der Waals surface area (Å²) in [5.74, 6) is 3.29. The zero-order valence-electron chi connectivity index (χ0n) is 35.7. The van der Waals surface area contributed by atoms with Crippen LogP contribution in [0.1, 0.15) is 84.8 Å². The van der Waals surface area contributed by atoms with Crippen LogP contribution in [-0.2, 0) is 16.8 Å². The average Bonchev–Trinajstić information content (AvgIpc) is 3.74. The predicted octanol–water partition coefficient (Wildman–Crippen LogP) is 7.76. The maximum absolute atomic E-state index is 13.8. The van der Waals surface area contributed by atoms with Gasteiger partial charge in [-0.05, 0) is 119 Å². The number of ketones is 1. The molecular weight excluding hydrogens is 753 g/mol. The van der Waals surface area contributed by atoms with E-state index in [9.17, 15) is 9.59 Å². The Hall–Kier alpha value is -4.90. The number of hydrogen-bond acceptors (Lipinski definition) is 9. The third kappa shape index (κ3) is 10.5. The van der Waals surface area contributed by atoms with E-state index < -0.39 is 5.41 Å². The lowest BCUT2D eigenvalue weighted by atomic mass is 9.68. The molecule has 0 aromatic heterocycles. The summed E-state index contributed by atoms with van der Waals surface area (Å²) < 4.78 is 22.9. The standard InChI is InChI=1S/C50H64N4O6/c1-57-45-19-14-20-46(58-2)43(45)36-53-29-24-42(25-30-53)54(37-44(55)39-21-22-47-48(33-39)60-32-31-59-47)27-13-5-3-4-12-26-52-28-23-38(35-52)34-50(49(51)56,40-15-8-6-9-16-40)41-17-10-7-11-18-41/h6-11,14-22,33,38,42H,3-5,12-13,23-32,34-37H2,1-2H3,(H2,51,56)/t38-/m1/s1. The molecule has 2 saturated heterocycles. The second kappa shape index (κ2) is 21.1. The average molecular weight is 817 g/mol. The van der Waals surface area contributed by atoms with Crippen molar-refractivity contribution in [1.29, 1.82) is 0 Å². The number of methoxy groups -OCH3 is 2. The molecule has 0 aliphatic carbocycles. The van der Waals surface area contributed by atoms with Gasteiger partial charge >= 0.3 is 0 Å². The van der Waals surface area contributed by atoms with E-state index in [-0.39, 0.29) is 11.7 Å². The Kier molecular flexibility index (Phi) is 15.2. The van der Waals surface area contributed by atoms with Gasteiger partial charge in [-0.2, -0.15) is 0 Å². The molecule has 60 heavy (non-hydrogen) atoms. The summed E-state index contributed by atoms with van der Waals surface area (Å²) in [6.45, 7) is 8.10. The van der Waals surface area contributed by atoms with Crippen molar-refractivity contribution >= 4 is 11.7 Å². The normalized spacial score (nSPS) is 17.5. The molecule has 0 spiro atoms. The minimum atomic E-state index is -0.840. The maximum Gasteiger partial charge on any atom is 0.232 e. The van der Waals surface area contributed by atoms with Crippen LogP contribution in [0.5, 0.6) is 23.0 Å². The number of nitrogens with zero attached hydrogens (tertiary/aromatic N) is 3. The van der Waals surface area contributed by atoms with Crippen LogP contribution in [0.4, 0.5) is 0 Å². The Morgan fingerprint density at radius 2 is 1.35 bits per heavy atom. The van der Waals surface area contributed by atoms with E-state index in [1.807, 2.05) is 97.1 Å². The number of fused-ring (bicyclic) bond motifs is 1. The van der Waals surface area contributed by atoms with E-state index in [2.05, 4.69) is 14.7 Å². The second-order valence-electron chi connectivity index (χ2n) is 16.8. The molecule has 4 aromatic rings. The van der Waals surface area contributed by atoms with Crippen molar-refractivity contribution in [2.75, 3.05) is 73.2 Å². The number of carbonyl (C=O) groups excluding carboxylic acids is 2. The van der Waals surface area contributed by atoms with Gasteiger partial charge in [0.25, 0.3) is 0 Å². The van der Waals surface area contributed by atoms with Crippen LogP contribution < -0.4 is 24.7 Å². The van der Waals surface area contributed by atoms with Crippen LogP contribution in [0.3, 0.4) is 0 Å². The topological polar surface area (TPSA) is 107 Å². The van der Waals surface area contributed by atoms with Gasteiger partial charge in [-0.3, -0.25) is 19.4 Å². The number of ether oxygens (including phenoxy) is 4. The zero-order chi connectivity index (χ0) is 41.7. The van der Waals surface area contributed by atoms with Crippen LogP contribution in [0.2, 0.25) is 0 Å². The van der Waals surface area contributed by atoms with E-state index in [1.54, 1.807) is 14.2 Å². The molecule has 10 nitrogen and oxygen atoms in total. The molecule has 0 saturated carbocycles. The van der Waals surface area contributed by atoms with Crippen LogP contribution in [0, 0.1) is 5.92 Å². The number of primary amides is 1. The molecule has 0 radical (unpaired) electrons. The number of rotatable bonds is 21. The highest BCUT2D eigenvalue weighted by Gasteiger charge is 2.43. The van der Waals surface area contributed by atoms with Gasteiger partial charge in [-0.25, -0.2) is 0 Å². The fourth-order valence-electron chi connectivity index (χ4n) is 9.76. The molecule has 320 valence electrons. The highest BCUT2D eigenvalue weighted by Crippen LogP contribution is 2.41. The summed E-state index contributed by atoms with van der Waals surface area (Å²) in [6, 6.07) is 32.1. The first-order valence-electron chi connectivity index (χ1n) is 22.1. The molecule has 0 bridgehead atoms. The number of piperidine rings is 1. The predicted molar refractivity (Wildman–Crippen MR) is 236 cm³/mol. The van der Waals surface area contributed by atoms with Crippen molar-refractivity contribution in [1.82, 2.24) is 14.7 Å². The van der Waals surface area contributed by atoms with E-state index in [1.165, 1.54) is 12.8 Å². The highest BCUT2D eigenvalue weighted by molar-refractivity contribution is 5.98. The molecule has 3 heterocycles. The summed E-state index contributed by atoms with van der Waals surface area (Å²) in [6.07, 6.45) is 9.51. The van der Waals surface area contributed by atoms with Gasteiger partial charge in [0.15, 0.2) is 17.3 Å². The number of Topliss-reactive ketones (excluding diaryl/α,β-unsaturated/α-hetero) is 1. The number of hydrogen-bond donors (Lipinski definition) is 1. The van der Waals surface area contributed by atoms with E-state index in [4.69, 9.17) is 24.7 Å². The number of carbonyl (C=O) groups is 2. The fraction of sp³-hybridized carbons (Fsp3) is 0.480. The number of likely N-dealkylation sites (tertiary alicyclic amines) is 2. The number of nitrogens with two attached hydrogens (primary N) is 1. The Morgan fingerprint density at radius 3 is 2.00 bits per heavy atom. The molecule has 3 aliphatic heterocycles. The van der Waals surface area contributed by atoms with Gasteiger partial charge in [0.05, 0.1) is 31.7 Å². The van der Waals surface area contributed by atoms with Crippen molar-refractivity contribution < 1.29 is 28.5 Å². The van der Waals surface area contributed by atoms with Gasteiger partial charge in [-0.15, -0.1) is 0 Å². The van der Waals surface area contributed by atoms with Crippen LogP contribution in [0.15, 0.2) is 97.1 Å². The Balaban J connectivity index is 0.896. The molecule has 0 unspecified atom stereocenters. The number of benzene rings is 4. The lowest BCUT2D eigenvalue weighted by molar-refractivity contribution is -0.122. The molecule has 1 atom stereocenters. The Labute approximate surface area is 356 Å². The van der Waals surface area contributed by atoms with Crippen molar-refractivity contribution in [3.05, 3.63) is 119 Å². The van der Waals surface area contributed by atoms with E-state index >= 15 is 0 Å². The zero-order valence-corrected chi connectivity index (χ0v) is 35.7. The lowest BCUT2D eigenvalue weighted by Gasteiger charge is -2.38. The number of unbranched alkanes of at least 4 members (excludes halogenated alkanes) is 4. The summed E-state index contributed by atoms with van der Waals surface area (Å²) in [5.41, 5.74) is 9.14. The lowest BCUT2D eigenvalue weighted by Crippen LogP contribution is -2.46. The third-order valence-corrected chi connectivity index (χ3v) is 13.0. The molecule has 3 aliphatic rings. The highest BCUT2D eigenvalue weighted by atomic mass is 16.6. The van der Waals surface area contributed by atoms with Gasteiger partial charge < -0.3 is 29.6 Å².